The number of nitrogens with one attached hydrogen (secondary N) is 1. The largest absolute Gasteiger partial charge is 0.321 e. The van der Waals surface area contributed by atoms with Crippen LogP contribution in [-0.4, -0.2) is 5.91 Å². The zero-order valence-electron chi connectivity index (χ0n) is 9.08. The zero-order chi connectivity index (χ0) is 13.1. The van der Waals surface area contributed by atoms with Crippen molar-refractivity contribution >= 4 is 50.7 Å². The van der Waals surface area contributed by atoms with E-state index < -0.39 is 0 Å². The molecule has 2 rings (SSSR count). The molecule has 1 amide bonds. The fourth-order valence-corrected chi connectivity index (χ4v) is 2.23. The molecule has 0 saturated heterocycles. The summed E-state index contributed by atoms with van der Waals surface area (Å²) in [6.45, 7) is 0. The van der Waals surface area contributed by atoms with Crippen LogP contribution in [0.25, 0.3) is 0 Å². The highest BCUT2D eigenvalue weighted by molar-refractivity contribution is 9.10. The lowest BCUT2D eigenvalue weighted by atomic mass is 10.2. The van der Waals surface area contributed by atoms with Crippen molar-refractivity contribution in [1.82, 2.24) is 0 Å². The molecule has 0 saturated carbocycles. The SMILES string of the molecule is O=C(Nc1ccc(Br)c(Cl)c1Cl)c1ccccc1. The molecule has 0 radical (unpaired) electrons. The van der Waals surface area contributed by atoms with Crippen molar-refractivity contribution in [2.75, 3.05) is 5.32 Å². The van der Waals surface area contributed by atoms with Crippen LogP contribution in [0.4, 0.5) is 5.69 Å². The minimum atomic E-state index is -0.226. The Morgan fingerprint density at radius 3 is 2.33 bits per heavy atom. The van der Waals surface area contributed by atoms with E-state index in [1.807, 2.05) is 6.07 Å². The molecule has 2 aromatic carbocycles. The van der Waals surface area contributed by atoms with Crippen LogP contribution in [0.3, 0.4) is 0 Å². The number of hydrogen-bond acceptors (Lipinski definition) is 1. The topological polar surface area (TPSA) is 29.1 Å². The van der Waals surface area contributed by atoms with Crippen LogP contribution >= 0.6 is 39.1 Å². The van der Waals surface area contributed by atoms with Gasteiger partial charge in [-0.25, -0.2) is 0 Å². The van der Waals surface area contributed by atoms with Gasteiger partial charge >= 0.3 is 0 Å². The van der Waals surface area contributed by atoms with Gasteiger partial charge in [0.05, 0.1) is 15.7 Å². The maximum Gasteiger partial charge on any atom is 0.255 e. The molecule has 0 spiro atoms. The van der Waals surface area contributed by atoms with Crippen LogP contribution in [0, 0.1) is 0 Å². The van der Waals surface area contributed by atoms with Crippen LogP contribution in [-0.2, 0) is 0 Å². The van der Waals surface area contributed by atoms with E-state index in [9.17, 15) is 4.79 Å². The number of rotatable bonds is 2. The molecule has 0 aliphatic heterocycles. The van der Waals surface area contributed by atoms with Gasteiger partial charge in [0.25, 0.3) is 5.91 Å². The van der Waals surface area contributed by atoms with Crippen molar-refractivity contribution in [2.24, 2.45) is 0 Å². The number of amides is 1. The summed E-state index contributed by atoms with van der Waals surface area (Å²) in [6.07, 6.45) is 0. The van der Waals surface area contributed by atoms with E-state index in [4.69, 9.17) is 23.2 Å². The summed E-state index contributed by atoms with van der Waals surface area (Å²) in [6, 6.07) is 12.3. The molecule has 0 atom stereocenters. The molecule has 18 heavy (non-hydrogen) atoms. The summed E-state index contributed by atoms with van der Waals surface area (Å²) < 4.78 is 0.687. The number of anilines is 1. The van der Waals surface area contributed by atoms with Gasteiger partial charge in [-0.3, -0.25) is 4.79 Å². The van der Waals surface area contributed by atoms with Crippen LogP contribution in [0.1, 0.15) is 10.4 Å². The third-order valence-electron chi connectivity index (χ3n) is 2.32. The molecule has 0 aromatic heterocycles. The minimum absolute atomic E-state index is 0.226. The predicted octanol–water partition coefficient (Wildman–Crippen LogP) is 5.01. The van der Waals surface area contributed by atoms with Crippen molar-refractivity contribution in [3.05, 3.63) is 62.5 Å². The Morgan fingerprint density at radius 1 is 1.00 bits per heavy atom. The molecule has 0 bridgehead atoms. The van der Waals surface area contributed by atoms with Crippen molar-refractivity contribution < 1.29 is 4.79 Å². The lowest BCUT2D eigenvalue weighted by molar-refractivity contribution is 0.102. The summed E-state index contributed by atoms with van der Waals surface area (Å²) >= 11 is 15.3. The van der Waals surface area contributed by atoms with Crippen LogP contribution in [0.2, 0.25) is 10.0 Å². The Hall–Kier alpha value is -1.03. The van der Waals surface area contributed by atoms with E-state index in [1.165, 1.54) is 0 Å². The molecule has 0 aliphatic carbocycles. The smallest absolute Gasteiger partial charge is 0.255 e. The zero-order valence-corrected chi connectivity index (χ0v) is 12.2. The quantitative estimate of drug-likeness (QED) is 0.762. The van der Waals surface area contributed by atoms with Crippen molar-refractivity contribution in [3.63, 3.8) is 0 Å². The van der Waals surface area contributed by atoms with Crippen molar-refractivity contribution in [2.45, 2.75) is 0 Å². The maximum absolute atomic E-state index is 11.9. The van der Waals surface area contributed by atoms with Crippen molar-refractivity contribution in [3.8, 4) is 0 Å². The molecule has 0 heterocycles. The predicted molar refractivity (Wildman–Crippen MR) is 78.6 cm³/mol. The van der Waals surface area contributed by atoms with E-state index in [1.54, 1.807) is 36.4 Å². The summed E-state index contributed by atoms with van der Waals surface area (Å²) in [7, 11) is 0. The average Bonchev–Trinajstić information content (AvgIpc) is 2.40. The Labute approximate surface area is 123 Å². The highest BCUT2D eigenvalue weighted by atomic mass is 79.9. The van der Waals surface area contributed by atoms with E-state index in [0.717, 1.165) is 0 Å². The first-order valence-corrected chi connectivity index (χ1v) is 6.64. The Morgan fingerprint density at radius 2 is 1.67 bits per heavy atom. The fraction of sp³-hybridized carbons (Fsp3) is 0. The monoisotopic (exact) mass is 343 g/mol. The lowest BCUT2D eigenvalue weighted by Gasteiger charge is -2.09. The van der Waals surface area contributed by atoms with Gasteiger partial charge in [0.2, 0.25) is 0 Å². The van der Waals surface area contributed by atoms with Crippen LogP contribution < -0.4 is 5.32 Å². The van der Waals surface area contributed by atoms with Gasteiger partial charge in [-0.15, -0.1) is 0 Å². The maximum atomic E-state index is 11.9. The van der Waals surface area contributed by atoms with Gasteiger partial charge in [-0.05, 0) is 40.2 Å². The van der Waals surface area contributed by atoms with Crippen LogP contribution in [0.5, 0.6) is 0 Å². The van der Waals surface area contributed by atoms with Gasteiger partial charge in [-0.2, -0.15) is 0 Å². The molecule has 2 aromatic rings. The number of halogens is 3. The summed E-state index contributed by atoms with van der Waals surface area (Å²) in [5.74, 6) is -0.226. The molecular weight excluding hydrogens is 337 g/mol. The fourth-order valence-electron chi connectivity index (χ4n) is 1.41. The molecule has 5 heteroatoms. The normalized spacial score (nSPS) is 10.2. The van der Waals surface area contributed by atoms with Crippen molar-refractivity contribution in [1.29, 1.82) is 0 Å². The first-order chi connectivity index (χ1) is 8.59. The molecule has 2 nitrogen and oxygen atoms in total. The average molecular weight is 345 g/mol. The molecule has 92 valence electrons. The van der Waals surface area contributed by atoms with Gasteiger partial charge in [-0.1, -0.05) is 41.4 Å². The van der Waals surface area contributed by atoms with Gasteiger partial charge < -0.3 is 5.32 Å². The summed E-state index contributed by atoms with van der Waals surface area (Å²) in [4.78, 5) is 11.9. The third-order valence-corrected chi connectivity index (χ3v) is 4.09. The second-order valence-electron chi connectivity index (χ2n) is 3.54. The van der Waals surface area contributed by atoms with Gasteiger partial charge in [0.15, 0.2) is 0 Å². The Balaban J connectivity index is 2.26. The van der Waals surface area contributed by atoms with E-state index in [2.05, 4.69) is 21.2 Å². The molecule has 1 N–H and O–H groups in total. The molecular formula is C13H8BrCl2NO. The molecule has 0 unspecified atom stereocenters. The van der Waals surface area contributed by atoms with E-state index in [0.29, 0.717) is 25.8 Å². The van der Waals surface area contributed by atoms with E-state index >= 15 is 0 Å². The van der Waals surface area contributed by atoms with E-state index in [-0.39, 0.29) is 5.91 Å². The first-order valence-electron chi connectivity index (χ1n) is 5.09. The summed E-state index contributed by atoms with van der Waals surface area (Å²) in [5.41, 5.74) is 1.05. The Kier molecular flexibility index (Phi) is 4.27. The standard InChI is InChI=1S/C13H8BrCl2NO/c14-9-6-7-10(12(16)11(9)15)17-13(18)8-4-2-1-3-5-8/h1-7H,(H,17,18). The first kappa shape index (κ1) is 13.4. The summed E-state index contributed by atoms with van der Waals surface area (Å²) in [5, 5.41) is 3.41. The number of benzene rings is 2. The minimum Gasteiger partial charge on any atom is -0.321 e. The number of hydrogen-bond donors (Lipinski definition) is 1. The Bertz CT molecular complexity index is 587. The number of carbonyl (C=O) groups excluding carboxylic acids is 1. The highest BCUT2D eigenvalue weighted by Gasteiger charge is 2.11. The molecule has 0 fully saturated rings. The second-order valence-corrected chi connectivity index (χ2v) is 5.15. The number of carbonyl (C=O) groups is 1. The highest BCUT2D eigenvalue weighted by Crippen LogP contribution is 2.35. The second kappa shape index (κ2) is 5.74. The van der Waals surface area contributed by atoms with Gasteiger partial charge in [0, 0.05) is 10.0 Å². The van der Waals surface area contributed by atoms with Gasteiger partial charge in [0.1, 0.15) is 0 Å². The van der Waals surface area contributed by atoms with Crippen LogP contribution in [0.15, 0.2) is 46.9 Å². The molecule has 0 aliphatic rings. The lowest BCUT2D eigenvalue weighted by Crippen LogP contribution is -2.12. The third kappa shape index (κ3) is 2.86.